The highest BCUT2D eigenvalue weighted by molar-refractivity contribution is 6.42. The van der Waals surface area contributed by atoms with E-state index in [1.807, 2.05) is 0 Å². The smallest absolute Gasteiger partial charge is 0.0142 e. The predicted octanol–water partition coefficient (Wildman–Crippen LogP) is 21.8. The van der Waals surface area contributed by atoms with E-state index < -0.39 is 0 Å². The van der Waals surface area contributed by atoms with E-state index in [-0.39, 0.29) is 5.92 Å². The van der Waals surface area contributed by atoms with Crippen LogP contribution in [0.25, 0.3) is 159 Å². The summed E-state index contributed by atoms with van der Waals surface area (Å²) in [5, 5.41) is 16.0. The van der Waals surface area contributed by atoms with Crippen LogP contribution in [0.3, 0.4) is 0 Å². The molecule has 3 aliphatic rings. The van der Waals surface area contributed by atoms with Crippen molar-refractivity contribution in [1.82, 2.24) is 0 Å². The second-order valence-corrected chi connectivity index (χ2v) is 22.0. The Kier molecular flexibility index (Phi) is 9.19. The molecule has 78 heavy (non-hydrogen) atoms. The van der Waals surface area contributed by atoms with Crippen molar-refractivity contribution in [1.29, 1.82) is 0 Å². The molecule has 0 aliphatic heterocycles. The van der Waals surface area contributed by atoms with Crippen LogP contribution in [0.4, 0.5) is 0 Å². The lowest BCUT2D eigenvalue weighted by Gasteiger charge is -2.29. The van der Waals surface area contributed by atoms with Gasteiger partial charge in [-0.3, -0.25) is 0 Å². The monoisotopic (exact) mass is 986 g/mol. The molecule has 0 bridgehead atoms. The number of hydrogen-bond donors (Lipinski definition) is 0. The Morgan fingerprint density at radius 3 is 1.33 bits per heavy atom. The Morgan fingerprint density at radius 1 is 0.282 bits per heavy atom. The lowest BCUT2D eigenvalue weighted by Crippen LogP contribution is -2.08. The Morgan fingerprint density at radius 2 is 0.731 bits per heavy atom. The van der Waals surface area contributed by atoms with Gasteiger partial charge in [0.1, 0.15) is 0 Å². The zero-order chi connectivity index (χ0) is 51.3. The number of rotatable bonds is 6. The minimum absolute atomic E-state index is 0.161. The second-order valence-electron chi connectivity index (χ2n) is 22.0. The summed E-state index contributed by atoms with van der Waals surface area (Å²) in [5.74, 6) is 0.161. The lowest BCUT2D eigenvalue weighted by molar-refractivity contribution is 0.885. The van der Waals surface area contributed by atoms with E-state index in [0.717, 1.165) is 6.42 Å². The lowest BCUT2D eigenvalue weighted by atomic mass is 9.74. The number of hydrogen-bond acceptors (Lipinski definition) is 0. The molecule has 362 valence electrons. The first-order chi connectivity index (χ1) is 38.6. The Balaban J connectivity index is 1.00. The van der Waals surface area contributed by atoms with Crippen molar-refractivity contribution in [2.24, 2.45) is 0 Å². The zero-order valence-corrected chi connectivity index (χ0v) is 43.5. The van der Waals surface area contributed by atoms with Crippen molar-refractivity contribution < 1.29 is 0 Å². The van der Waals surface area contributed by atoms with Crippen LogP contribution in [-0.4, -0.2) is 0 Å². The first-order valence-corrected chi connectivity index (χ1v) is 27.7. The Labute approximate surface area is 453 Å². The quantitative estimate of drug-likeness (QED) is 0.115. The van der Waals surface area contributed by atoms with Gasteiger partial charge in [0.25, 0.3) is 0 Å². The van der Waals surface area contributed by atoms with E-state index in [0.29, 0.717) is 0 Å². The van der Waals surface area contributed by atoms with Gasteiger partial charge in [-0.1, -0.05) is 249 Å². The summed E-state index contributed by atoms with van der Waals surface area (Å²) in [6, 6.07) is 87.1. The molecule has 0 saturated heterocycles. The van der Waals surface area contributed by atoms with Gasteiger partial charge in [-0.15, -0.1) is 0 Å². The molecule has 0 fully saturated rings. The molecule has 3 aliphatic carbocycles. The van der Waals surface area contributed by atoms with Crippen molar-refractivity contribution in [2.75, 3.05) is 0 Å². The maximum Gasteiger partial charge on any atom is 0.0142 e. The van der Waals surface area contributed by atoms with Gasteiger partial charge in [0.05, 0.1) is 0 Å². The summed E-state index contributed by atoms with van der Waals surface area (Å²) in [4.78, 5) is 0. The number of fused-ring (bicyclic) bond motifs is 10. The Hall–Kier alpha value is -9.62. The molecule has 1 unspecified atom stereocenters. The molecule has 0 N–H and O–H groups in total. The first-order valence-electron chi connectivity index (χ1n) is 27.7. The molecule has 0 saturated carbocycles. The third kappa shape index (κ3) is 5.84. The van der Waals surface area contributed by atoms with Crippen molar-refractivity contribution in [2.45, 2.75) is 26.2 Å². The molecular weight excluding hydrogens is 937 g/mol. The van der Waals surface area contributed by atoms with Crippen LogP contribution in [0.2, 0.25) is 0 Å². The molecule has 0 aromatic heterocycles. The second kappa shape index (κ2) is 16.4. The standard InChI is InChI=1S/C78H50/c1-45-43-63-60-40-42-62-72-61(74-67(49-27-11-5-12-28-49)55-35-19-21-37-57(55)70(75(62)74)53-33-17-15-31-51(53)47-23-7-3-8-24-47)41-39-59(69(60)72)64-44-46(2)66-76(73(63)64)65(45)77-68(50-29-13-6-14-30-50)56-36-20-22-38-58(56)71(78(66)77)54-34-18-16-32-52(54)48-25-9-4-10-26-48/h3-33,35-44,54H,34H2,1-2H3. The molecule has 0 heterocycles. The van der Waals surface area contributed by atoms with Gasteiger partial charge >= 0.3 is 0 Å². The van der Waals surface area contributed by atoms with Crippen molar-refractivity contribution >= 4 is 70.2 Å². The average molecular weight is 987 g/mol. The molecule has 0 heteroatoms. The van der Waals surface area contributed by atoms with E-state index in [9.17, 15) is 0 Å². The summed E-state index contributed by atoms with van der Waals surface area (Å²) in [6.45, 7) is 4.80. The molecule has 0 nitrogen and oxygen atoms in total. The van der Waals surface area contributed by atoms with Gasteiger partial charge < -0.3 is 0 Å². The highest BCUT2D eigenvalue weighted by atomic mass is 14.4. The van der Waals surface area contributed by atoms with Crippen LogP contribution >= 0.6 is 0 Å². The maximum absolute atomic E-state index is 2.57. The maximum atomic E-state index is 2.57. The van der Waals surface area contributed by atoms with Crippen molar-refractivity contribution in [3.8, 4) is 89.0 Å². The molecule has 14 aromatic carbocycles. The van der Waals surface area contributed by atoms with Gasteiger partial charge in [-0.05, 0) is 202 Å². The summed E-state index contributed by atoms with van der Waals surface area (Å²) in [7, 11) is 0. The number of benzene rings is 14. The van der Waals surface area contributed by atoms with E-state index >= 15 is 0 Å². The Bertz CT molecular complexity index is 4940. The van der Waals surface area contributed by atoms with E-state index in [4.69, 9.17) is 0 Å². The van der Waals surface area contributed by atoms with Crippen LogP contribution in [0.1, 0.15) is 34.6 Å². The van der Waals surface area contributed by atoms with Crippen molar-refractivity contribution in [3.05, 3.63) is 271 Å². The molecule has 1 atom stereocenters. The summed E-state index contributed by atoms with van der Waals surface area (Å²) in [6.07, 6.45) is 7.98. The topological polar surface area (TPSA) is 0 Å². The third-order valence-electron chi connectivity index (χ3n) is 18.1. The zero-order valence-electron chi connectivity index (χ0n) is 43.5. The SMILES string of the molecule is Cc1cc2c3ccc4c5c(ccc(c6cc(C)c7c(c1-c1c-7c(C7CC=CC=C7c7ccccc7)c7ccccc7c1-c1ccccc1)c26)c53)-c1c-4c(-c2ccccc2-c2ccccc2)c2ccccc2c1-c1ccccc1. The van der Waals surface area contributed by atoms with Crippen LogP contribution in [-0.2, 0) is 0 Å². The third-order valence-corrected chi connectivity index (χ3v) is 18.1. The number of allylic oxidation sites excluding steroid dienone is 4. The molecule has 14 aromatic rings. The molecule has 0 spiro atoms. The number of aryl methyl sites for hydroxylation is 2. The highest BCUT2D eigenvalue weighted by Crippen LogP contribution is 2.64. The summed E-state index contributed by atoms with van der Waals surface area (Å²) >= 11 is 0. The average Bonchev–Trinajstić information content (AvgIpc) is 4.15. The van der Waals surface area contributed by atoms with Gasteiger partial charge in [-0.25, -0.2) is 0 Å². The van der Waals surface area contributed by atoms with Gasteiger partial charge in [0.15, 0.2) is 0 Å². The fourth-order valence-electron chi connectivity index (χ4n) is 15.1. The fraction of sp³-hybridized carbons (Fsp3) is 0.0513. The molecule has 17 rings (SSSR count). The minimum Gasteiger partial charge on any atom is -0.0836 e. The van der Waals surface area contributed by atoms with Crippen LogP contribution in [0.5, 0.6) is 0 Å². The van der Waals surface area contributed by atoms with Crippen molar-refractivity contribution in [3.63, 3.8) is 0 Å². The molecule has 0 amide bonds. The van der Waals surface area contributed by atoms with Crippen LogP contribution < -0.4 is 0 Å². The molecule has 0 radical (unpaired) electrons. The first kappa shape index (κ1) is 43.6. The van der Waals surface area contributed by atoms with Gasteiger partial charge in [-0.2, -0.15) is 0 Å². The highest BCUT2D eigenvalue weighted by Gasteiger charge is 2.38. The summed E-state index contributed by atoms with van der Waals surface area (Å²) in [5.41, 5.74) is 27.8. The van der Waals surface area contributed by atoms with Crippen LogP contribution in [0, 0.1) is 13.8 Å². The minimum atomic E-state index is 0.161. The normalized spacial score (nSPS) is 14.1. The summed E-state index contributed by atoms with van der Waals surface area (Å²) < 4.78 is 0. The largest absolute Gasteiger partial charge is 0.0836 e. The van der Waals surface area contributed by atoms with E-state index in [2.05, 4.69) is 263 Å². The predicted molar refractivity (Wildman–Crippen MR) is 334 cm³/mol. The van der Waals surface area contributed by atoms with E-state index in [1.54, 1.807) is 0 Å². The fourth-order valence-corrected chi connectivity index (χ4v) is 15.1. The van der Waals surface area contributed by atoms with E-state index in [1.165, 1.54) is 181 Å². The van der Waals surface area contributed by atoms with Gasteiger partial charge in [0.2, 0.25) is 0 Å². The van der Waals surface area contributed by atoms with Gasteiger partial charge in [0, 0.05) is 5.92 Å². The molecular formula is C78H50. The van der Waals surface area contributed by atoms with Crippen LogP contribution in [0.15, 0.2) is 249 Å².